The molecule has 3 nitrogen and oxygen atoms in total. The molecule has 124 valence electrons. The molecule has 0 radical (unpaired) electrons. The Balaban J connectivity index is 1.79. The molecule has 1 aliphatic rings. The Bertz CT molecular complexity index is 722. The van der Waals surface area contributed by atoms with E-state index in [1.54, 1.807) is 6.08 Å². The Kier molecular flexibility index (Phi) is 5.14. The molecule has 0 spiro atoms. The van der Waals surface area contributed by atoms with E-state index in [1.165, 1.54) is 0 Å². The average Bonchev–Trinajstić information content (AvgIpc) is 3.05. The number of carbonyl (C=O) groups excluding carboxylic acids is 1. The van der Waals surface area contributed by atoms with E-state index in [-0.39, 0.29) is 30.3 Å². The number of rotatable bonds is 5. The second-order valence-electron chi connectivity index (χ2n) is 5.92. The van der Waals surface area contributed by atoms with Crippen LogP contribution in [0.15, 0.2) is 61.2 Å². The van der Waals surface area contributed by atoms with Crippen molar-refractivity contribution in [1.29, 1.82) is 0 Å². The highest BCUT2D eigenvalue weighted by atomic mass is 35.5. The van der Waals surface area contributed by atoms with Gasteiger partial charge < -0.3 is 9.84 Å². The third kappa shape index (κ3) is 3.29. The maximum Gasteiger partial charge on any atom is 0.168 e. The summed E-state index contributed by atoms with van der Waals surface area (Å²) < 4.78 is 5.51. The minimum absolute atomic E-state index is 0.0264. The van der Waals surface area contributed by atoms with Gasteiger partial charge in [-0.25, -0.2) is 0 Å². The summed E-state index contributed by atoms with van der Waals surface area (Å²) in [7, 11) is 0. The quantitative estimate of drug-likeness (QED) is 0.660. The van der Waals surface area contributed by atoms with E-state index in [4.69, 9.17) is 16.3 Å². The maximum atomic E-state index is 12.7. The van der Waals surface area contributed by atoms with Crippen molar-refractivity contribution in [2.75, 3.05) is 13.2 Å². The fourth-order valence-electron chi connectivity index (χ4n) is 3.13. The van der Waals surface area contributed by atoms with Crippen LogP contribution in [0.2, 0.25) is 5.02 Å². The number of aliphatic hydroxyl groups is 1. The molecular weight excluding hydrogens is 324 g/mol. The fraction of sp³-hybridized carbons (Fsp3) is 0.250. The van der Waals surface area contributed by atoms with Gasteiger partial charge in [-0.2, -0.15) is 0 Å². The van der Waals surface area contributed by atoms with Gasteiger partial charge in [0.1, 0.15) is 0 Å². The van der Waals surface area contributed by atoms with Gasteiger partial charge in [0.2, 0.25) is 0 Å². The van der Waals surface area contributed by atoms with Gasteiger partial charge in [0.05, 0.1) is 25.2 Å². The smallest absolute Gasteiger partial charge is 0.168 e. The zero-order valence-corrected chi connectivity index (χ0v) is 13.9. The molecule has 0 bridgehead atoms. The van der Waals surface area contributed by atoms with Crippen LogP contribution in [0, 0.1) is 11.8 Å². The Labute approximate surface area is 146 Å². The molecule has 1 saturated heterocycles. The Hall–Kier alpha value is -1.94. The van der Waals surface area contributed by atoms with Crippen LogP contribution in [0.25, 0.3) is 11.1 Å². The van der Waals surface area contributed by atoms with Crippen molar-refractivity contribution in [2.45, 2.75) is 6.10 Å². The van der Waals surface area contributed by atoms with E-state index < -0.39 is 0 Å². The minimum Gasteiger partial charge on any atom is -0.394 e. The predicted octanol–water partition coefficient (Wildman–Crippen LogP) is 4.00. The molecule has 2 aromatic carbocycles. The van der Waals surface area contributed by atoms with Crippen molar-refractivity contribution >= 4 is 17.4 Å². The summed E-state index contributed by atoms with van der Waals surface area (Å²) in [6, 6.07) is 15.1. The average molecular weight is 343 g/mol. The zero-order chi connectivity index (χ0) is 17.1. The van der Waals surface area contributed by atoms with Crippen molar-refractivity contribution in [2.24, 2.45) is 11.8 Å². The maximum absolute atomic E-state index is 12.7. The lowest BCUT2D eigenvalue weighted by Crippen LogP contribution is -2.26. The van der Waals surface area contributed by atoms with Crippen LogP contribution in [0.4, 0.5) is 0 Å². The Morgan fingerprint density at radius 1 is 1.17 bits per heavy atom. The molecular formula is C20H19ClO3. The summed E-state index contributed by atoms with van der Waals surface area (Å²) in [6.45, 7) is 3.99. The number of halogens is 1. The van der Waals surface area contributed by atoms with Gasteiger partial charge in [-0.05, 0) is 23.3 Å². The first-order chi connectivity index (χ1) is 11.6. The van der Waals surface area contributed by atoms with Crippen molar-refractivity contribution in [1.82, 2.24) is 0 Å². The predicted molar refractivity (Wildman–Crippen MR) is 95.2 cm³/mol. The van der Waals surface area contributed by atoms with Crippen molar-refractivity contribution in [3.63, 3.8) is 0 Å². The molecule has 0 unspecified atom stereocenters. The molecule has 1 fully saturated rings. The van der Waals surface area contributed by atoms with E-state index in [9.17, 15) is 9.90 Å². The molecule has 1 N–H and O–H groups in total. The third-order valence-electron chi connectivity index (χ3n) is 4.52. The molecule has 0 aromatic heterocycles. The van der Waals surface area contributed by atoms with E-state index in [1.807, 2.05) is 48.5 Å². The van der Waals surface area contributed by atoms with Gasteiger partial charge in [0.25, 0.3) is 0 Å². The lowest BCUT2D eigenvalue weighted by molar-refractivity contribution is 0.0470. The van der Waals surface area contributed by atoms with Crippen molar-refractivity contribution < 1.29 is 14.6 Å². The summed E-state index contributed by atoms with van der Waals surface area (Å²) in [4.78, 5) is 12.7. The lowest BCUT2D eigenvalue weighted by Gasteiger charge is -2.17. The van der Waals surface area contributed by atoms with Gasteiger partial charge in [-0.1, -0.05) is 54.1 Å². The monoisotopic (exact) mass is 342 g/mol. The van der Waals surface area contributed by atoms with Crippen molar-refractivity contribution in [3.8, 4) is 11.1 Å². The Morgan fingerprint density at radius 2 is 1.75 bits per heavy atom. The molecule has 1 heterocycles. The molecule has 0 saturated carbocycles. The molecule has 0 amide bonds. The largest absolute Gasteiger partial charge is 0.394 e. The topological polar surface area (TPSA) is 46.5 Å². The minimum atomic E-state index is -0.343. The highest BCUT2D eigenvalue weighted by molar-refractivity contribution is 6.30. The zero-order valence-electron chi connectivity index (χ0n) is 13.2. The van der Waals surface area contributed by atoms with Gasteiger partial charge in [-0.15, -0.1) is 6.58 Å². The number of ketones is 1. The van der Waals surface area contributed by atoms with E-state index in [2.05, 4.69) is 6.58 Å². The highest BCUT2D eigenvalue weighted by Gasteiger charge is 2.39. The number of ether oxygens (including phenoxy) is 1. The molecule has 3 atom stereocenters. The van der Waals surface area contributed by atoms with Gasteiger partial charge in [0, 0.05) is 16.5 Å². The number of aliphatic hydroxyl groups excluding tert-OH is 1. The SMILES string of the molecule is C=C[C@H]1[C@H](CO)OC[C@@H]1C(=O)c1ccc(-c2ccc(Cl)cc2)cc1. The normalized spacial score (nSPS) is 23.2. The summed E-state index contributed by atoms with van der Waals surface area (Å²) in [5.41, 5.74) is 2.72. The molecule has 2 aromatic rings. The summed E-state index contributed by atoms with van der Waals surface area (Å²) >= 11 is 5.91. The van der Waals surface area contributed by atoms with Crippen LogP contribution >= 0.6 is 11.6 Å². The van der Waals surface area contributed by atoms with E-state index >= 15 is 0 Å². The Morgan fingerprint density at radius 3 is 2.29 bits per heavy atom. The third-order valence-corrected chi connectivity index (χ3v) is 4.77. The molecule has 4 heteroatoms. The first-order valence-electron chi connectivity index (χ1n) is 7.89. The van der Waals surface area contributed by atoms with Gasteiger partial charge in [-0.3, -0.25) is 4.79 Å². The lowest BCUT2D eigenvalue weighted by atomic mass is 9.85. The van der Waals surface area contributed by atoms with Crippen LogP contribution in [0.5, 0.6) is 0 Å². The van der Waals surface area contributed by atoms with Gasteiger partial charge in [0.15, 0.2) is 5.78 Å². The number of hydrogen-bond donors (Lipinski definition) is 1. The standard InChI is InChI=1S/C20H19ClO3/c1-2-17-18(12-24-19(17)11-22)20(23)15-5-3-13(4-6-15)14-7-9-16(21)10-8-14/h2-10,17-19,22H,1,11-12H2/t17-,18+,19+/m1/s1. The molecule has 24 heavy (non-hydrogen) atoms. The summed E-state index contributed by atoms with van der Waals surface area (Å²) in [5, 5.41) is 10.0. The first-order valence-corrected chi connectivity index (χ1v) is 8.27. The van der Waals surface area contributed by atoms with Crippen LogP contribution in [0.1, 0.15) is 10.4 Å². The highest BCUT2D eigenvalue weighted by Crippen LogP contribution is 2.31. The summed E-state index contributed by atoms with van der Waals surface area (Å²) in [6.07, 6.45) is 1.36. The molecule has 0 aliphatic carbocycles. The van der Waals surface area contributed by atoms with Crippen LogP contribution in [-0.2, 0) is 4.74 Å². The second kappa shape index (κ2) is 7.31. The second-order valence-corrected chi connectivity index (χ2v) is 6.36. The van der Waals surface area contributed by atoms with Gasteiger partial charge >= 0.3 is 0 Å². The van der Waals surface area contributed by atoms with Crippen molar-refractivity contribution in [3.05, 3.63) is 71.8 Å². The van der Waals surface area contributed by atoms with E-state index in [0.29, 0.717) is 17.2 Å². The summed E-state index contributed by atoms with van der Waals surface area (Å²) in [5.74, 6) is -0.419. The number of carbonyl (C=O) groups is 1. The van der Waals surface area contributed by atoms with Crippen LogP contribution < -0.4 is 0 Å². The molecule has 3 rings (SSSR count). The van der Waals surface area contributed by atoms with Crippen LogP contribution in [-0.4, -0.2) is 30.2 Å². The first kappa shape index (κ1) is 16.9. The number of benzene rings is 2. The number of hydrogen-bond acceptors (Lipinski definition) is 3. The van der Waals surface area contributed by atoms with E-state index in [0.717, 1.165) is 11.1 Å². The molecule has 1 aliphatic heterocycles. The number of Topliss-reactive ketones (excluding diaryl/α,β-unsaturated/α-hetero) is 1. The van der Waals surface area contributed by atoms with Crippen LogP contribution in [0.3, 0.4) is 0 Å². The fourth-order valence-corrected chi connectivity index (χ4v) is 3.26.